The van der Waals surface area contributed by atoms with Crippen molar-refractivity contribution in [2.24, 2.45) is 0 Å². The number of likely N-dealkylation sites (tertiary alicyclic amines) is 1. The minimum absolute atomic E-state index is 0.0219. The Bertz CT molecular complexity index is 1130. The van der Waals surface area contributed by atoms with Crippen LogP contribution in [0.2, 0.25) is 0 Å². The molecule has 1 aliphatic heterocycles. The number of H-pyrrole nitrogens is 1. The fraction of sp³-hybridized carbons (Fsp3) is 0.360. The number of aromatic nitrogens is 3. The molecule has 0 radical (unpaired) electrons. The molecule has 32 heavy (non-hydrogen) atoms. The molecule has 1 aromatic carbocycles. The Labute approximate surface area is 187 Å². The monoisotopic (exact) mass is 432 g/mol. The summed E-state index contributed by atoms with van der Waals surface area (Å²) in [7, 11) is 0. The third-order valence-electron chi connectivity index (χ3n) is 5.74. The molecule has 4 rings (SSSR count). The van der Waals surface area contributed by atoms with E-state index in [9.17, 15) is 9.59 Å². The van der Waals surface area contributed by atoms with Crippen molar-refractivity contribution in [1.29, 1.82) is 0 Å². The van der Waals surface area contributed by atoms with Gasteiger partial charge in [-0.25, -0.2) is 4.98 Å². The number of benzene rings is 1. The predicted octanol–water partition coefficient (Wildman–Crippen LogP) is 3.62. The lowest BCUT2D eigenvalue weighted by atomic mass is 9.95. The lowest BCUT2D eigenvalue weighted by Gasteiger charge is -2.33. The quantitative estimate of drug-likeness (QED) is 0.665. The van der Waals surface area contributed by atoms with Crippen LogP contribution in [-0.2, 0) is 4.79 Å². The van der Waals surface area contributed by atoms with Gasteiger partial charge in [0.1, 0.15) is 11.6 Å². The zero-order valence-corrected chi connectivity index (χ0v) is 18.7. The van der Waals surface area contributed by atoms with Crippen LogP contribution < -0.4 is 10.3 Å². The van der Waals surface area contributed by atoms with Crippen LogP contribution in [0.3, 0.4) is 0 Å². The highest BCUT2D eigenvalue weighted by Crippen LogP contribution is 2.27. The minimum atomic E-state index is -0.557. The molecule has 3 aromatic rings. The van der Waals surface area contributed by atoms with E-state index in [-0.39, 0.29) is 17.4 Å². The van der Waals surface area contributed by atoms with E-state index in [2.05, 4.69) is 21.0 Å². The third-order valence-corrected chi connectivity index (χ3v) is 5.74. The maximum Gasteiger partial charge on any atom is 0.263 e. The molecule has 7 nitrogen and oxygen atoms in total. The Morgan fingerprint density at radius 1 is 1.09 bits per heavy atom. The first kappa shape index (κ1) is 21.7. The van der Waals surface area contributed by atoms with E-state index in [1.54, 1.807) is 13.1 Å². The number of pyridine rings is 1. The number of piperidine rings is 1. The van der Waals surface area contributed by atoms with Gasteiger partial charge in [-0.05, 0) is 69.0 Å². The van der Waals surface area contributed by atoms with Gasteiger partial charge in [-0.1, -0.05) is 12.1 Å². The van der Waals surface area contributed by atoms with Crippen molar-refractivity contribution in [1.82, 2.24) is 19.9 Å². The first-order valence-corrected chi connectivity index (χ1v) is 11.0. The summed E-state index contributed by atoms with van der Waals surface area (Å²) in [5.41, 5.74) is 3.26. The molecule has 1 saturated heterocycles. The highest BCUT2D eigenvalue weighted by Gasteiger charge is 2.29. The highest BCUT2D eigenvalue weighted by atomic mass is 16.5. The summed E-state index contributed by atoms with van der Waals surface area (Å²) in [5, 5.41) is 0. The maximum atomic E-state index is 12.9. The zero-order chi connectivity index (χ0) is 22.7. The van der Waals surface area contributed by atoms with Gasteiger partial charge in [-0.2, -0.15) is 0 Å². The fourth-order valence-corrected chi connectivity index (χ4v) is 4.20. The molecular weight excluding hydrogens is 404 g/mol. The molecule has 7 heteroatoms. The van der Waals surface area contributed by atoms with Crippen molar-refractivity contribution in [3.63, 3.8) is 0 Å². The summed E-state index contributed by atoms with van der Waals surface area (Å²) >= 11 is 0. The van der Waals surface area contributed by atoms with Crippen LogP contribution in [0.5, 0.6) is 5.75 Å². The number of aromatic amines is 1. The summed E-state index contributed by atoms with van der Waals surface area (Å²) < 4.78 is 5.92. The zero-order valence-electron chi connectivity index (χ0n) is 18.7. The van der Waals surface area contributed by atoms with Crippen molar-refractivity contribution in [3.05, 3.63) is 76.0 Å². The smallest absolute Gasteiger partial charge is 0.263 e. The van der Waals surface area contributed by atoms with Gasteiger partial charge in [0.05, 0.1) is 11.4 Å². The van der Waals surface area contributed by atoms with E-state index in [1.807, 2.05) is 49.1 Å². The minimum Gasteiger partial charge on any atom is -0.481 e. The first-order valence-electron chi connectivity index (χ1n) is 11.0. The van der Waals surface area contributed by atoms with Crippen LogP contribution in [-0.4, -0.2) is 45.0 Å². The molecule has 0 bridgehead atoms. The number of rotatable bonds is 5. The van der Waals surface area contributed by atoms with Gasteiger partial charge in [-0.3, -0.25) is 14.6 Å². The van der Waals surface area contributed by atoms with Crippen molar-refractivity contribution >= 4 is 5.91 Å². The normalized spacial score (nSPS) is 15.4. The van der Waals surface area contributed by atoms with Gasteiger partial charge in [0.2, 0.25) is 0 Å². The van der Waals surface area contributed by atoms with Gasteiger partial charge < -0.3 is 14.6 Å². The average molecular weight is 433 g/mol. The Morgan fingerprint density at radius 3 is 2.47 bits per heavy atom. The van der Waals surface area contributed by atoms with Gasteiger partial charge in [-0.15, -0.1) is 0 Å². The number of aryl methyl sites for hydroxylation is 2. The predicted molar refractivity (Wildman–Crippen MR) is 123 cm³/mol. The van der Waals surface area contributed by atoms with E-state index >= 15 is 0 Å². The van der Waals surface area contributed by atoms with E-state index < -0.39 is 6.10 Å². The summed E-state index contributed by atoms with van der Waals surface area (Å²) in [4.78, 5) is 38.8. The Balaban J connectivity index is 1.40. The van der Waals surface area contributed by atoms with Crippen LogP contribution in [0.25, 0.3) is 11.4 Å². The lowest BCUT2D eigenvalue weighted by molar-refractivity contribution is -0.139. The summed E-state index contributed by atoms with van der Waals surface area (Å²) in [6.07, 6.45) is 2.59. The second kappa shape index (κ2) is 9.34. The third kappa shape index (κ3) is 5.04. The van der Waals surface area contributed by atoms with Crippen LogP contribution >= 0.6 is 0 Å². The van der Waals surface area contributed by atoms with Crippen molar-refractivity contribution in [2.45, 2.75) is 45.6 Å². The summed E-state index contributed by atoms with van der Waals surface area (Å²) in [6.45, 7) is 7.02. The number of hydrogen-bond donors (Lipinski definition) is 1. The lowest BCUT2D eigenvalue weighted by Crippen LogP contribution is -2.44. The van der Waals surface area contributed by atoms with E-state index in [1.165, 1.54) is 6.07 Å². The van der Waals surface area contributed by atoms with Crippen molar-refractivity contribution < 1.29 is 9.53 Å². The van der Waals surface area contributed by atoms with Gasteiger partial charge >= 0.3 is 0 Å². The molecule has 1 atom stereocenters. The van der Waals surface area contributed by atoms with Crippen molar-refractivity contribution in [3.8, 4) is 17.1 Å². The van der Waals surface area contributed by atoms with Gasteiger partial charge in [0, 0.05) is 31.3 Å². The van der Waals surface area contributed by atoms with Crippen LogP contribution in [0, 0.1) is 13.8 Å². The molecule has 1 amide bonds. The topological polar surface area (TPSA) is 88.2 Å². The molecule has 0 spiro atoms. The number of nitrogens with one attached hydrogen (secondary N) is 1. The molecule has 1 fully saturated rings. The molecule has 0 saturated carbocycles. The summed E-state index contributed by atoms with van der Waals surface area (Å²) in [5.74, 6) is 1.44. The number of nitrogens with zero attached hydrogens (tertiary/aromatic N) is 3. The molecule has 2 aromatic heterocycles. The number of hydrogen-bond acceptors (Lipinski definition) is 5. The average Bonchev–Trinajstić information content (AvgIpc) is 2.78. The largest absolute Gasteiger partial charge is 0.481 e. The molecule has 1 N–H and O–H groups in total. The molecular formula is C25H28N4O3. The number of carbonyl (C=O) groups excluding carboxylic acids is 1. The standard InChI is InChI=1S/C25H28N4O3/c1-16-12-17(2)14-20(13-16)32-18(3)25(31)29-10-7-19(8-11-29)24-27-22(15-23(30)28-24)21-6-4-5-9-26-21/h4-6,9,12-15,18-19H,7-8,10-11H2,1-3H3,(H,27,28,30)/t18-/m0/s1. The van der Waals surface area contributed by atoms with Crippen LogP contribution in [0.15, 0.2) is 53.5 Å². The molecule has 0 aliphatic carbocycles. The molecule has 0 unspecified atom stereocenters. The second-order valence-electron chi connectivity index (χ2n) is 8.41. The second-order valence-corrected chi connectivity index (χ2v) is 8.41. The molecule has 166 valence electrons. The fourth-order valence-electron chi connectivity index (χ4n) is 4.20. The Kier molecular flexibility index (Phi) is 6.35. The van der Waals surface area contributed by atoms with Crippen LogP contribution in [0.1, 0.15) is 42.6 Å². The number of amides is 1. The van der Waals surface area contributed by atoms with Crippen LogP contribution in [0.4, 0.5) is 0 Å². The summed E-state index contributed by atoms with van der Waals surface area (Å²) in [6, 6.07) is 13.0. The Hall–Kier alpha value is -3.48. The molecule has 1 aliphatic rings. The van der Waals surface area contributed by atoms with Gasteiger partial charge in [0.25, 0.3) is 11.5 Å². The first-order chi connectivity index (χ1) is 15.4. The highest BCUT2D eigenvalue weighted by molar-refractivity contribution is 5.81. The van der Waals surface area contributed by atoms with E-state index in [4.69, 9.17) is 4.74 Å². The molecule has 3 heterocycles. The van der Waals surface area contributed by atoms with Gasteiger partial charge in [0.15, 0.2) is 6.10 Å². The Morgan fingerprint density at radius 2 is 1.81 bits per heavy atom. The number of carbonyl (C=O) groups is 1. The SMILES string of the molecule is Cc1cc(C)cc(O[C@@H](C)C(=O)N2CCC(c3nc(-c4ccccn4)cc(=O)[nH]3)CC2)c1. The number of ether oxygens (including phenoxy) is 1. The van der Waals surface area contributed by atoms with E-state index in [0.717, 1.165) is 24.0 Å². The maximum absolute atomic E-state index is 12.9. The van der Waals surface area contributed by atoms with E-state index in [0.29, 0.717) is 36.1 Å². The van der Waals surface area contributed by atoms with Crippen molar-refractivity contribution in [2.75, 3.05) is 13.1 Å².